The second-order valence-electron chi connectivity index (χ2n) is 5.15. The number of urea groups is 1. The van der Waals surface area contributed by atoms with Crippen molar-refractivity contribution in [3.05, 3.63) is 0 Å². The highest BCUT2D eigenvalue weighted by molar-refractivity contribution is 5.82. The number of carboxylic acid groups (broad SMARTS) is 1. The molecule has 18 heavy (non-hydrogen) atoms. The number of rotatable bonds is 4. The van der Waals surface area contributed by atoms with Crippen LogP contribution in [0.5, 0.6) is 0 Å². The quantitative estimate of drug-likeness (QED) is 0.685. The Hall–Kier alpha value is -1.30. The van der Waals surface area contributed by atoms with Gasteiger partial charge in [-0.25, -0.2) is 9.59 Å². The first-order chi connectivity index (χ1) is 8.45. The summed E-state index contributed by atoms with van der Waals surface area (Å²) in [6.45, 7) is 4.69. The van der Waals surface area contributed by atoms with Gasteiger partial charge in [-0.2, -0.15) is 0 Å². The van der Waals surface area contributed by atoms with E-state index in [0.29, 0.717) is 13.1 Å². The first-order valence-electron chi connectivity index (χ1n) is 6.34. The van der Waals surface area contributed by atoms with E-state index in [9.17, 15) is 9.59 Å². The minimum Gasteiger partial charge on any atom is -0.480 e. The fourth-order valence-electron chi connectivity index (χ4n) is 2.14. The van der Waals surface area contributed by atoms with Crippen LogP contribution in [0.2, 0.25) is 0 Å². The van der Waals surface area contributed by atoms with Crippen LogP contribution < -0.4 is 5.32 Å². The van der Waals surface area contributed by atoms with Gasteiger partial charge < -0.3 is 20.4 Å². The summed E-state index contributed by atoms with van der Waals surface area (Å²) in [5.41, 5.74) is 0. The molecule has 3 N–H and O–H groups in total. The zero-order valence-electron chi connectivity index (χ0n) is 10.9. The largest absolute Gasteiger partial charge is 0.480 e. The number of nitrogens with one attached hydrogen (secondary N) is 1. The molecule has 2 amide bonds. The maximum atomic E-state index is 11.9. The number of hydrogen-bond donors (Lipinski definition) is 3. The molecule has 6 heteroatoms. The fraction of sp³-hybridized carbons (Fsp3) is 0.833. The predicted molar refractivity (Wildman–Crippen MR) is 66.2 cm³/mol. The Bertz CT molecular complexity index is 306. The number of carbonyl (C=O) groups excluding carboxylic acids is 1. The van der Waals surface area contributed by atoms with Gasteiger partial charge >= 0.3 is 12.0 Å². The molecule has 1 rings (SSSR count). The fourth-order valence-corrected chi connectivity index (χ4v) is 2.14. The number of piperidine rings is 1. The number of aliphatic hydroxyl groups is 1. The molecule has 2 unspecified atom stereocenters. The molecular weight excluding hydrogens is 236 g/mol. The topological polar surface area (TPSA) is 89.9 Å². The highest BCUT2D eigenvalue weighted by Crippen LogP contribution is 2.16. The van der Waals surface area contributed by atoms with Crippen LogP contribution in [-0.2, 0) is 4.79 Å². The minimum atomic E-state index is -1.02. The van der Waals surface area contributed by atoms with Crippen LogP contribution in [0.25, 0.3) is 0 Å². The summed E-state index contributed by atoms with van der Waals surface area (Å²) >= 11 is 0. The van der Waals surface area contributed by atoms with Crippen molar-refractivity contribution in [2.75, 3.05) is 19.7 Å². The number of carboxylic acids is 1. The van der Waals surface area contributed by atoms with Crippen molar-refractivity contribution in [2.45, 2.75) is 32.7 Å². The van der Waals surface area contributed by atoms with Gasteiger partial charge in [0, 0.05) is 19.7 Å². The van der Waals surface area contributed by atoms with E-state index in [1.54, 1.807) is 18.7 Å². The van der Waals surface area contributed by atoms with Crippen molar-refractivity contribution in [2.24, 2.45) is 11.8 Å². The predicted octanol–water partition coefficient (Wildman–Crippen LogP) is 0.509. The highest BCUT2D eigenvalue weighted by Gasteiger charge is 2.28. The molecule has 1 saturated heterocycles. The van der Waals surface area contributed by atoms with Crippen LogP contribution in [0.1, 0.15) is 26.7 Å². The van der Waals surface area contributed by atoms with Crippen LogP contribution >= 0.6 is 0 Å². The third-order valence-electron chi connectivity index (χ3n) is 3.28. The van der Waals surface area contributed by atoms with Gasteiger partial charge in [-0.05, 0) is 24.7 Å². The van der Waals surface area contributed by atoms with Gasteiger partial charge in [0.2, 0.25) is 0 Å². The van der Waals surface area contributed by atoms with Crippen LogP contribution in [-0.4, -0.2) is 52.9 Å². The summed E-state index contributed by atoms with van der Waals surface area (Å²) in [6, 6.07) is -1.22. The lowest BCUT2D eigenvalue weighted by atomic mass is 9.99. The summed E-state index contributed by atoms with van der Waals surface area (Å²) < 4.78 is 0. The van der Waals surface area contributed by atoms with E-state index in [-0.39, 0.29) is 24.5 Å². The van der Waals surface area contributed by atoms with E-state index < -0.39 is 12.0 Å². The van der Waals surface area contributed by atoms with Gasteiger partial charge in [-0.15, -0.1) is 0 Å². The Kier molecular flexibility index (Phi) is 5.40. The molecular formula is C12H22N2O4. The second kappa shape index (κ2) is 6.58. The lowest BCUT2D eigenvalue weighted by molar-refractivity contribution is -0.140. The molecule has 0 aromatic heterocycles. The number of aliphatic hydroxyl groups excluding tert-OH is 1. The molecule has 0 bridgehead atoms. The van der Waals surface area contributed by atoms with Gasteiger partial charge in [0.15, 0.2) is 0 Å². The normalized spacial score (nSPS) is 21.8. The zero-order valence-corrected chi connectivity index (χ0v) is 10.9. The molecule has 1 heterocycles. The van der Waals surface area contributed by atoms with E-state index in [2.05, 4.69) is 5.32 Å². The Labute approximate surface area is 107 Å². The van der Waals surface area contributed by atoms with E-state index in [0.717, 1.165) is 12.8 Å². The van der Waals surface area contributed by atoms with Crippen molar-refractivity contribution < 1.29 is 19.8 Å². The van der Waals surface area contributed by atoms with Gasteiger partial charge in [-0.1, -0.05) is 13.8 Å². The van der Waals surface area contributed by atoms with Crippen LogP contribution in [0, 0.1) is 11.8 Å². The zero-order chi connectivity index (χ0) is 13.7. The summed E-state index contributed by atoms with van der Waals surface area (Å²) in [4.78, 5) is 24.5. The minimum absolute atomic E-state index is 0.0658. The number of carbonyl (C=O) groups is 2. The molecule has 1 fully saturated rings. The van der Waals surface area contributed by atoms with Crippen molar-refractivity contribution in [3.63, 3.8) is 0 Å². The van der Waals surface area contributed by atoms with Gasteiger partial charge in [-0.3, -0.25) is 0 Å². The molecule has 1 aliphatic heterocycles. The van der Waals surface area contributed by atoms with E-state index in [1.807, 2.05) is 0 Å². The Morgan fingerprint density at radius 3 is 2.61 bits per heavy atom. The van der Waals surface area contributed by atoms with Gasteiger partial charge in [0.1, 0.15) is 6.04 Å². The van der Waals surface area contributed by atoms with Gasteiger partial charge in [0.05, 0.1) is 0 Å². The summed E-state index contributed by atoms with van der Waals surface area (Å²) in [5.74, 6) is -1.08. The van der Waals surface area contributed by atoms with Crippen LogP contribution in [0.3, 0.4) is 0 Å². The first-order valence-corrected chi connectivity index (χ1v) is 6.34. The highest BCUT2D eigenvalue weighted by atomic mass is 16.4. The van der Waals surface area contributed by atoms with E-state index in [1.165, 1.54) is 0 Å². The lowest BCUT2D eigenvalue weighted by Crippen LogP contribution is -2.52. The molecule has 0 aromatic carbocycles. The van der Waals surface area contributed by atoms with Crippen molar-refractivity contribution >= 4 is 12.0 Å². The average molecular weight is 258 g/mol. The smallest absolute Gasteiger partial charge is 0.326 e. The van der Waals surface area contributed by atoms with Crippen molar-refractivity contribution in [1.82, 2.24) is 10.2 Å². The molecule has 0 aromatic rings. The van der Waals surface area contributed by atoms with E-state index in [4.69, 9.17) is 10.2 Å². The standard InChI is InChI=1S/C12H22N2O4/c1-8(2)10(11(16)17)13-12(18)14-5-3-4-9(6-14)7-15/h8-10,15H,3-7H2,1-2H3,(H,13,18)(H,16,17). The average Bonchev–Trinajstić information content (AvgIpc) is 2.34. The molecule has 0 saturated carbocycles. The van der Waals surface area contributed by atoms with Crippen LogP contribution in [0.15, 0.2) is 0 Å². The molecule has 0 aliphatic carbocycles. The lowest BCUT2D eigenvalue weighted by Gasteiger charge is -2.33. The second-order valence-corrected chi connectivity index (χ2v) is 5.15. The third-order valence-corrected chi connectivity index (χ3v) is 3.28. The number of aliphatic carboxylic acids is 1. The maximum Gasteiger partial charge on any atom is 0.326 e. The summed E-state index contributed by atoms with van der Waals surface area (Å²) in [6.07, 6.45) is 1.75. The Balaban J connectivity index is 2.55. The van der Waals surface area contributed by atoms with E-state index >= 15 is 0 Å². The summed E-state index contributed by atoms with van der Waals surface area (Å²) in [7, 11) is 0. The molecule has 0 spiro atoms. The Morgan fingerprint density at radius 1 is 1.44 bits per heavy atom. The monoisotopic (exact) mass is 258 g/mol. The number of nitrogens with zero attached hydrogens (tertiary/aromatic N) is 1. The van der Waals surface area contributed by atoms with Gasteiger partial charge in [0.25, 0.3) is 0 Å². The Morgan fingerprint density at radius 2 is 2.11 bits per heavy atom. The van der Waals surface area contributed by atoms with Crippen molar-refractivity contribution in [3.8, 4) is 0 Å². The molecule has 0 radical (unpaired) electrons. The van der Waals surface area contributed by atoms with Crippen LogP contribution in [0.4, 0.5) is 4.79 Å². The SMILES string of the molecule is CC(C)C(NC(=O)N1CCCC(CO)C1)C(=O)O. The number of amides is 2. The molecule has 1 aliphatic rings. The number of likely N-dealkylation sites (tertiary alicyclic amines) is 1. The maximum absolute atomic E-state index is 11.9. The molecule has 6 nitrogen and oxygen atoms in total. The third kappa shape index (κ3) is 3.87. The summed E-state index contributed by atoms with van der Waals surface area (Å²) in [5, 5.41) is 20.6. The number of hydrogen-bond acceptors (Lipinski definition) is 3. The molecule has 2 atom stereocenters. The molecule has 104 valence electrons. The van der Waals surface area contributed by atoms with Crippen molar-refractivity contribution in [1.29, 1.82) is 0 Å². The first kappa shape index (κ1) is 14.8.